The fourth-order valence-electron chi connectivity index (χ4n) is 2.03. The molecular formula is C15H16N2O3. The lowest BCUT2D eigenvalue weighted by Crippen LogP contribution is -2.37. The van der Waals surface area contributed by atoms with E-state index in [1.54, 1.807) is 44.2 Å². The summed E-state index contributed by atoms with van der Waals surface area (Å²) >= 11 is 0. The molecule has 104 valence electrons. The van der Waals surface area contributed by atoms with Gasteiger partial charge in [-0.3, -0.25) is 9.59 Å². The smallest absolute Gasteiger partial charge is 0.255 e. The highest BCUT2D eigenvalue weighted by molar-refractivity contribution is 5.98. The van der Waals surface area contributed by atoms with E-state index >= 15 is 0 Å². The number of benzene rings is 1. The molecule has 2 amide bonds. The molecule has 3 N–H and O–H groups in total. The van der Waals surface area contributed by atoms with Crippen LogP contribution >= 0.6 is 0 Å². The quantitative estimate of drug-likeness (QED) is 0.890. The summed E-state index contributed by atoms with van der Waals surface area (Å²) in [6.07, 6.45) is 0. The van der Waals surface area contributed by atoms with Gasteiger partial charge in [-0.1, -0.05) is 30.3 Å². The third-order valence-electron chi connectivity index (χ3n) is 2.98. The van der Waals surface area contributed by atoms with Crippen molar-refractivity contribution in [2.24, 2.45) is 5.73 Å². The Balaban J connectivity index is 2.23. The first-order chi connectivity index (χ1) is 9.49. The summed E-state index contributed by atoms with van der Waals surface area (Å²) < 4.78 is 5.31. The van der Waals surface area contributed by atoms with E-state index < -0.39 is 11.9 Å². The molecule has 2 rings (SSSR count). The summed E-state index contributed by atoms with van der Waals surface area (Å²) in [5.74, 6) is 0.161. The Hall–Kier alpha value is -2.56. The number of nitrogens with two attached hydrogens (primary N) is 1. The van der Waals surface area contributed by atoms with Crippen molar-refractivity contribution in [2.75, 3.05) is 0 Å². The minimum absolute atomic E-state index is 0.382. The predicted octanol–water partition coefficient (Wildman–Crippen LogP) is 1.85. The standard InChI is InChI=1S/C15H16N2O3/c1-9-8-12(10(2)20-9)15(19)17-13(14(16)18)11-6-4-3-5-7-11/h3-8,13H,1-2H3,(H2,16,18)(H,17,19). The zero-order chi connectivity index (χ0) is 14.7. The molecule has 1 heterocycles. The maximum atomic E-state index is 12.2. The Labute approximate surface area is 116 Å². The lowest BCUT2D eigenvalue weighted by atomic mass is 10.1. The molecular weight excluding hydrogens is 256 g/mol. The summed E-state index contributed by atoms with van der Waals surface area (Å²) in [6.45, 7) is 3.45. The van der Waals surface area contributed by atoms with Gasteiger partial charge in [0, 0.05) is 0 Å². The molecule has 1 aromatic carbocycles. The van der Waals surface area contributed by atoms with Gasteiger partial charge < -0.3 is 15.5 Å². The van der Waals surface area contributed by atoms with Gasteiger partial charge in [0.1, 0.15) is 17.6 Å². The number of amides is 2. The number of furan rings is 1. The number of primary amides is 1. The fraction of sp³-hybridized carbons (Fsp3) is 0.200. The van der Waals surface area contributed by atoms with Crippen LogP contribution < -0.4 is 11.1 Å². The molecule has 0 bridgehead atoms. The van der Waals surface area contributed by atoms with Crippen LogP contribution in [-0.2, 0) is 4.79 Å². The first-order valence-corrected chi connectivity index (χ1v) is 6.21. The van der Waals surface area contributed by atoms with Crippen molar-refractivity contribution in [1.29, 1.82) is 0 Å². The molecule has 0 radical (unpaired) electrons. The third-order valence-corrected chi connectivity index (χ3v) is 2.98. The molecule has 0 saturated heterocycles. The Morgan fingerprint density at radius 3 is 2.35 bits per heavy atom. The van der Waals surface area contributed by atoms with Crippen LogP contribution in [0.4, 0.5) is 0 Å². The topological polar surface area (TPSA) is 85.3 Å². The lowest BCUT2D eigenvalue weighted by molar-refractivity contribution is -0.120. The van der Waals surface area contributed by atoms with Crippen molar-refractivity contribution in [3.8, 4) is 0 Å². The molecule has 0 fully saturated rings. The molecule has 1 aromatic heterocycles. The van der Waals surface area contributed by atoms with Gasteiger partial charge in [0.2, 0.25) is 5.91 Å². The minimum Gasteiger partial charge on any atom is -0.466 e. The predicted molar refractivity (Wildman–Crippen MR) is 74.0 cm³/mol. The van der Waals surface area contributed by atoms with E-state index in [2.05, 4.69) is 5.32 Å². The van der Waals surface area contributed by atoms with Gasteiger partial charge in [0.05, 0.1) is 5.56 Å². The van der Waals surface area contributed by atoms with Crippen LogP contribution in [0.25, 0.3) is 0 Å². The maximum absolute atomic E-state index is 12.2. The lowest BCUT2D eigenvalue weighted by Gasteiger charge is -2.15. The number of carbonyl (C=O) groups excluding carboxylic acids is 2. The molecule has 2 aromatic rings. The molecule has 0 aliphatic carbocycles. The maximum Gasteiger partial charge on any atom is 0.255 e. The molecule has 5 heteroatoms. The van der Waals surface area contributed by atoms with E-state index in [1.807, 2.05) is 6.07 Å². The Kier molecular flexibility index (Phi) is 3.89. The van der Waals surface area contributed by atoms with Crippen molar-refractivity contribution in [2.45, 2.75) is 19.9 Å². The van der Waals surface area contributed by atoms with E-state index in [0.717, 1.165) is 0 Å². The Bertz CT molecular complexity index is 632. The zero-order valence-corrected chi connectivity index (χ0v) is 11.3. The molecule has 0 aliphatic rings. The van der Waals surface area contributed by atoms with Crippen LogP contribution in [0.1, 0.15) is 33.5 Å². The van der Waals surface area contributed by atoms with Gasteiger partial charge in [-0.2, -0.15) is 0 Å². The van der Waals surface area contributed by atoms with E-state index in [1.165, 1.54) is 0 Å². The van der Waals surface area contributed by atoms with Crippen LogP contribution in [0.2, 0.25) is 0 Å². The van der Waals surface area contributed by atoms with Crippen molar-refractivity contribution in [1.82, 2.24) is 5.32 Å². The number of hydrogen-bond acceptors (Lipinski definition) is 3. The van der Waals surface area contributed by atoms with Crippen LogP contribution in [0.15, 0.2) is 40.8 Å². The van der Waals surface area contributed by atoms with Crippen molar-refractivity contribution in [3.05, 3.63) is 59.0 Å². The van der Waals surface area contributed by atoms with Crippen molar-refractivity contribution < 1.29 is 14.0 Å². The van der Waals surface area contributed by atoms with Gasteiger partial charge in [0.25, 0.3) is 5.91 Å². The molecule has 0 aliphatic heterocycles. The normalized spacial score (nSPS) is 11.9. The highest BCUT2D eigenvalue weighted by atomic mass is 16.3. The van der Waals surface area contributed by atoms with Crippen LogP contribution in [0.5, 0.6) is 0 Å². The highest BCUT2D eigenvalue weighted by Crippen LogP contribution is 2.17. The number of aryl methyl sites for hydroxylation is 2. The van der Waals surface area contributed by atoms with E-state index in [9.17, 15) is 9.59 Å². The van der Waals surface area contributed by atoms with Crippen LogP contribution in [0, 0.1) is 13.8 Å². The van der Waals surface area contributed by atoms with Crippen LogP contribution in [-0.4, -0.2) is 11.8 Å². The van der Waals surface area contributed by atoms with Gasteiger partial charge in [0.15, 0.2) is 0 Å². The van der Waals surface area contributed by atoms with Gasteiger partial charge in [-0.05, 0) is 25.5 Å². The average Bonchev–Trinajstić information content (AvgIpc) is 2.75. The van der Waals surface area contributed by atoms with E-state index in [4.69, 9.17) is 10.2 Å². The Morgan fingerprint density at radius 2 is 1.85 bits per heavy atom. The number of nitrogens with one attached hydrogen (secondary N) is 1. The number of rotatable bonds is 4. The molecule has 0 saturated carbocycles. The van der Waals surface area contributed by atoms with Crippen molar-refractivity contribution in [3.63, 3.8) is 0 Å². The van der Waals surface area contributed by atoms with E-state index in [0.29, 0.717) is 22.6 Å². The summed E-state index contributed by atoms with van der Waals surface area (Å²) in [5.41, 5.74) is 6.41. The fourth-order valence-corrected chi connectivity index (χ4v) is 2.03. The second-order valence-electron chi connectivity index (χ2n) is 4.55. The van der Waals surface area contributed by atoms with Gasteiger partial charge in [-0.25, -0.2) is 0 Å². The summed E-state index contributed by atoms with van der Waals surface area (Å²) in [6, 6.07) is 9.64. The minimum atomic E-state index is -0.863. The summed E-state index contributed by atoms with van der Waals surface area (Å²) in [7, 11) is 0. The van der Waals surface area contributed by atoms with Gasteiger partial charge >= 0.3 is 0 Å². The molecule has 20 heavy (non-hydrogen) atoms. The zero-order valence-electron chi connectivity index (χ0n) is 11.3. The second-order valence-corrected chi connectivity index (χ2v) is 4.55. The SMILES string of the molecule is Cc1cc(C(=O)NC(C(N)=O)c2ccccc2)c(C)o1. The van der Waals surface area contributed by atoms with Gasteiger partial charge in [-0.15, -0.1) is 0 Å². The van der Waals surface area contributed by atoms with Crippen molar-refractivity contribution >= 4 is 11.8 Å². The largest absolute Gasteiger partial charge is 0.466 e. The summed E-state index contributed by atoms with van der Waals surface area (Å²) in [5, 5.41) is 2.63. The first kappa shape index (κ1) is 13.9. The average molecular weight is 272 g/mol. The monoisotopic (exact) mass is 272 g/mol. The summed E-state index contributed by atoms with van der Waals surface area (Å²) in [4.78, 5) is 23.7. The molecule has 1 unspecified atom stereocenters. The highest BCUT2D eigenvalue weighted by Gasteiger charge is 2.22. The second kappa shape index (κ2) is 5.61. The Morgan fingerprint density at radius 1 is 1.20 bits per heavy atom. The molecule has 1 atom stereocenters. The third kappa shape index (κ3) is 2.88. The first-order valence-electron chi connectivity index (χ1n) is 6.21. The molecule has 5 nitrogen and oxygen atoms in total. The van der Waals surface area contributed by atoms with E-state index in [-0.39, 0.29) is 5.91 Å². The van der Waals surface area contributed by atoms with Crippen LogP contribution in [0.3, 0.4) is 0 Å². The number of hydrogen-bond donors (Lipinski definition) is 2. The molecule has 0 spiro atoms. The number of carbonyl (C=O) groups is 2.